The molecule has 1 heterocycles. The van der Waals surface area contributed by atoms with Crippen molar-refractivity contribution in [1.82, 2.24) is 4.98 Å². The number of aliphatic hydroxyl groups is 2. The summed E-state index contributed by atoms with van der Waals surface area (Å²) in [6, 6.07) is 7.96. The van der Waals surface area contributed by atoms with Gasteiger partial charge in [-0.25, -0.2) is 4.98 Å². The molecule has 0 fully saturated rings. The Bertz CT molecular complexity index is 476. The van der Waals surface area contributed by atoms with Crippen LogP contribution in [0.3, 0.4) is 0 Å². The second-order valence-electron chi connectivity index (χ2n) is 4.03. The summed E-state index contributed by atoms with van der Waals surface area (Å²) < 4.78 is 5.24. The molecule has 2 aromatic rings. The van der Waals surface area contributed by atoms with E-state index in [0.717, 1.165) is 11.3 Å². The van der Waals surface area contributed by atoms with Crippen LogP contribution in [0.4, 0.5) is 0 Å². The minimum atomic E-state index is -0.820. The maximum absolute atomic E-state index is 9.28. The Morgan fingerprint density at radius 3 is 2.65 bits per heavy atom. The zero-order valence-electron chi connectivity index (χ0n) is 9.63. The number of nitrogens with zero attached hydrogens (tertiary/aromatic N) is 1. The van der Waals surface area contributed by atoms with Gasteiger partial charge in [0.2, 0.25) is 0 Å². The number of benzene rings is 1. The van der Waals surface area contributed by atoms with Gasteiger partial charge in [-0.05, 0) is 6.92 Å². The number of hydrogen-bond acceptors (Lipinski definition) is 4. The molecule has 0 aliphatic rings. The van der Waals surface area contributed by atoms with E-state index in [1.165, 1.54) is 5.56 Å². The van der Waals surface area contributed by atoms with Crippen molar-refractivity contribution in [2.75, 3.05) is 6.61 Å². The molecule has 1 aromatic carbocycles. The molecular formula is C13H15NO3. The molecular weight excluding hydrogens is 218 g/mol. The van der Waals surface area contributed by atoms with Crippen molar-refractivity contribution >= 4 is 0 Å². The fourth-order valence-corrected chi connectivity index (χ4v) is 1.53. The molecule has 1 unspecified atom stereocenters. The van der Waals surface area contributed by atoms with Crippen LogP contribution in [0.1, 0.15) is 11.5 Å². The topological polar surface area (TPSA) is 66.5 Å². The molecule has 0 aliphatic heterocycles. The van der Waals surface area contributed by atoms with Gasteiger partial charge in [0.05, 0.1) is 19.1 Å². The average Bonchev–Trinajstić information content (AvgIpc) is 2.78. The first-order chi connectivity index (χ1) is 8.19. The molecule has 0 spiro atoms. The lowest BCUT2D eigenvalue weighted by Crippen LogP contribution is -2.15. The normalized spacial score (nSPS) is 12.6. The number of hydrogen-bond donors (Lipinski definition) is 2. The Kier molecular flexibility index (Phi) is 3.56. The third-order valence-electron chi connectivity index (χ3n) is 2.52. The van der Waals surface area contributed by atoms with E-state index in [0.29, 0.717) is 5.89 Å². The van der Waals surface area contributed by atoms with Crippen molar-refractivity contribution < 1.29 is 14.6 Å². The summed E-state index contributed by atoms with van der Waals surface area (Å²) in [5.41, 5.74) is 2.90. The van der Waals surface area contributed by atoms with E-state index in [1.54, 1.807) is 6.26 Å². The van der Waals surface area contributed by atoms with E-state index in [1.807, 2.05) is 31.2 Å². The van der Waals surface area contributed by atoms with Gasteiger partial charge in [-0.1, -0.05) is 29.8 Å². The lowest BCUT2D eigenvalue weighted by atomic mass is 10.1. The molecule has 4 nitrogen and oxygen atoms in total. The number of aryl methyl sites for hydroxylation is 1. The first kappa shape index (κ1) is 11.8. The van der Waals surface area contributed by atoms with Crippen molar-refractivity contribution in [2.45, 2.75) is 19.4 Å². The van der Waals surface area contributed by atoms with Gasteiger partial charge < -0.3 is 14.6 Å². The summed E-state index contributed by atoms with van der Waals surface area (Å²) in [5.74, 6) is 0.433. The molecule has 0 bridgehead atoms. The van der Waals surface area contributed by atoms with Crippen LogP contribution in [-0.2, 0) is 6.42 Å². The predicted molar refractivity (Wildman–Crippen MR) is 63.5 cm³/mol. The zero-order chi connectivity index (χ0) is 12.3. The second kappa shape index (κ2) is 5.12. The van der Waals surface area contributed by atoms with Crippen LogP contribution in [0.2, 0.25) is 0 Å². The highest BCUT2D eigenvalue weighted by molar-refractivity contribution is 5.58. The van der Waals surface area contributed by atoms with E-state index in [4.69, 9.17) is 9.52 Å². The monoisotopic (exact) mass is 233 g/mol. The smallest absolute Gasteiger partial charge is 0.197 e. The van der Waals surface area contributed by atoms with Gasteiger partial charge in [0.25, 0.3) is 0 Å². The maximum atomic E-state index is 9.28. The molecule has 1 aromatic heterocycles. The molecule has 1 atom stereocenters. The Morgan fingerprint density at radius 1 is 1.29 bits per heavy atom. The maximum Gasteiger partial charge on any atom is 0.197 e. The van der Waals surface area contributed by atoms with E-state index in [-0.39, 0.29) is 13.0 Å². The van der Waals surface area contributed by atoms with Crippen LogP contribution >= 0.6 is 0 Å². The Morgan fingerprint density at radius 2 is 2.00 bits per heavy atom. The standard InChI is InChI=1S/C13H15NO3/c1-9-2-4-10(5-3-9)12-8-17-13(14-12)6-11(16)7-15/h2-5,8,11,15-16H,6-7H2,1H3. The van der Waals surface area contributed by atoms with Crippen LogP contribution in [0.5, 0.6) is 0 Å². The summed E-state index contributed by atoms with van der Waals surface area (Å²) in [6.45, 7) is 1.73. The molecule has 2 rings (SSSR count). The van der Waals surface area contributed by atoms with Crippen LogP contribution in [0.15, 0.2) is 34.9 Å². The lowest BCUT2D eigenvalue weighted by Gasteiger charge is -2.01. The summed E-state index contributed by atoms with van der Waals surface area (Å²) in [4.78, 5) is 4.26. The molecule has 0 saturated carbocycles. The van der Waals surface area contributed by atoms with Gasteiger partial charge in [0, 0.05) is 5.56 Å². The van der Waals surface area contributed by atoms with Crippen molar-refractivity contribution in [3.05, 3.63) is 42.0 Å². The van der Waals surface area contributed by atoms with Crippen LogP contribution in [0, 0.1) is 6.92 Å². The first-order valence-corrected chi connectivity index (χ1v) is 5.49. The molecule has 0 aliphatic carbocycles. The molecule has 2 N–H and O–H groups in total. The molecule has 90 valence electrons. The van der Waals surface area contributed by atoms with Gasteiger partial charge in [-0.2, -0.15) is 0 Å². The quantitative estimate of drug-likeness (QED) is 0.840. The molecule has 4 heteroatoms. The minimum absolute atomic E-state index is 0.225. The second-order valence-corrected chi connectivity index (χ2v) is 4.03. The largest absolute Gasteiger partial charge is 0.448 e. The Balaban J connectivity index is 2.15. The van der Waals surface area contributed by atoms with E-state index < -0.39 is 6.10 Å². The Labute approximate surface area is 99.6 Å². The lowest BCUT2D eigenvalue weighted by molar-refractivity contribution is 0.0900. The highest BCUT2D eigenvalue weighted by Gasteiger charge is 2.10. The van der Waals surface area contributed by atoms with Gasteiger partial charge in [0.1, 0.15) is 12.0 Å². The van der Waals surface area contributed by atoms with Crippen molar-refractivity contribution in [2.24, 2.45) is 0 Å². The molecule has 17 heavy (non-hydrogen) atoms. The van der Waals surface area contributed by atoms with Crippen LogP contribution in [0.25, 0.3) is 11.3 Å². The van der Waals surface area contributed by atoms with E-state index >= 15 is 0 Å². The number of rotatable bonds is 4. The summed E-state index contributed by atoms with van der Waals surface area (Å²) in [7, 11) is 0. The zero-order valence-corrected chi connectivity index (χ0v) is 9.63. The van der Waals surface area contributed by atoms with Gasteiger partial charge in [0.15, 0.2) is 5.89 Å². The Hall–Kier alpha value is -1.65. The fourth-order valence-electron chi connectivity index (χ4n) is 1.53. The van der Waals surface area contributed by atoms with Crippen LogP contribution in [-0.4, -0.2) is 27.9 Å². The van der Waals surface area contributed by atoms with Gasteiger partial charge in [-0.3, -0.25) is 0 Å². The predicted octanol–water partition coefficient (Wildman–Crippen LogP) is 1.55. The number of aromatic nitrogens is 1. The number of oxazole rings is 1. The third kappa shape index (κ3) is 2.93. The van der Waals surface area contributed by atoms with Gasteiger partial charge >= 0.3 is 0 Å². The van der Waals surface area contributed by atoms with Crippen molar-refractivity contribution in [3.8, 4) is 11.3 Å². The van der Waals surface area contributed by atoms with Crippen molar-refractivity contribution in [1.29, 1.82) is 0 Å². The van der Waals surface area contributed by atoms with Crippen LogP contribution < -0.4 is 0 Å². The van der Waals surface area contributed by atoms with E-state index in [9.17, 15) is 5.11 Å². The molecule has 0 saturated heterocycles. The molecule has 0 radical (unpaired) electrons. The highest BCUT2D eigenvalue weighted by atomic mass is 16.3. The SMILES string of the molecule is Cc1ccc(-c2coc(CC(O)CO)n2)cc1. The summed E-state index contributed by atoms with van der Waals surface area (Å²) in [6.07, 6.45) is 0.964. The summed E-state index contributed by atoms with van der Waals surface area (Å²) in [5, 5.41) is 18.0. The average molecular weight is 233 g/mol. The van der Waals surface area contributed by atoms with Gasteiger partial charge in [-0.15, -0.1) is 0 Å². The first-order valence-electron chi connectivity index (χ1n) is 5.49. The van der Waals surface area contributed by atoms with Crippen molar-refractivity contribution in [3.63, 3.8) is 0 Å². The number of aliphatic hydroxyl groups excluding tert-OH is 2. The fraction of sp³-hybridized carbons (Fsp3) is 0.308. The summed E-state index contributed by atoms with van der Waals surface area (Å²) >= 11 is 0. The minimum Gasteiger partial charge on any atom is -0.448 e. The third-order valence-corrected chi connectivity index (χ3v) is 2.52. The molecule has 0 amide bonds. The highest BCUT2D eigenvalue weighted by Crippen LogP contribution is 2.19. The van der Waals surface area contributed by atoms with E-state index in [2.05, 4.69) is 4.98 Å².